The van der Waals surface area contributed by atoms with Crippen LogP contribution in [0.2, 0.25) is 0 Å². The fourth-order valence-corrected chi connectivity index (χ4v) is 2.06. The van der Waals surface area contributed by atoms with Gasteiger partial charge in [0.1, 0.15) is 5.52 Å². The molecule has 1 aliphatic rings. The van der Waals surface area contributed by atoms with Crippen LogP contribution in [0.15, 0.2) is 22.6 Å². The lowest BCUT2D eigenvalue weighted by Crippen LogP contribution is -2.10. The highest BCUT2D eigenvalue weighted by atomic mass is 16.3. The molecule has 0 radical (unpaired) electrons. The molecule has 1 fully saturated rings. The zero-order valence-corrected chi connectivity index (χ0v) is 10.1. The summed E-state index contributed by atoms with van der Waals surface area (Å²) < 4.78 is 5.94. The van der Waals surface area contributed by atoms with Crippen LogP contribution in [0.3, 0.4) is 0 Å². The van der Waals surface area contributed by atoms with Crippen LogP contribution < -0.4 is 0 Å². The first-order chi connectivity index (χ1) is 7.55. The third-order valence-electron chi connectivity index (χ3n) is 3.17. The molecule has 2 aromatic rings. The molecule has 0 N–H and O–H groups in total. The Morgan fingerprint density at radius 1 is 1.25 bits per heavy atom. The summed E-state index contributed by atoms with van der Waals surface area (Å²) in [5, 5.41) is 0. The average Bonchev–Trinajstić information content (AvgIpc) is 2.95. The highest BCUT2D eigenvalue weighted by Gasteiger charge is 2.30. The number of hydrogen-bond donors (Lipinski definition) is 0. The van der Waals surface area contributed by atoms with Gasteiger partial charge in [0.2, 0.25) is 0 Å². The highest BCUT2D eigenvalue weighted by molar-refractivity contribution is 5.77. The van der Waals surface area contributed by atoms with Gasteiger partial charge < -0.3 is 4.42 Å². The van der Waals surface area contributed by atoms with E-state index in [9.17, 15) is 0 Å². The van der Waals surface area contributed by atoms with Gasteiger partial charge in [0.15, 0.2) is 11.5 Å². The minimum Gasteiger partial charge on any atom is -0.440 e. The lowest BCUT2D eigenvalue weighted by molar-refractivity contribution is 0.514. The van der Waals surface area contributed by atoms with Crippen molar-refractivity contribution in [1.82, 2.24) is 4.98 Å². The maximum absolute atomic E-state index is 5.94. The Morgan fingerprint density at radius 3 is 2.62 bits per heavy atom. The molecule has 3 rings (SSSR count). The number of fused-ring (bicyclic) bond motifs is 1. The molecule has 84 valence electrons. The lowest BCUT2D eigenvalue weighted by Gasteiger charge is -2.18. The minimum absolute atomic E-state index is 0.111. The zero-order chi connectivity index (χ0) is 11.3. The minimum atomic E-state index is 0.111. The molecule has 0 spiro atoms. The summed E-state index contributed by atoms with van der Waals surface area (Å²) in [6, 6.07) is 6.26. The van der Waals surface area contributed by atoms with Gasteiger partial charge in [0.05, 0.1) is 0 Å². The van der Waals surface area contributed by atoms with Crippen LogP contribution in [-0.2, 0) is 5.41 Å². The van der Waals surface area contributed by atoms with Gasteiger partial charge in [-0.3, -0.25) is 0 Å². The van der Waals surface area contributed by atoms with Crippen LogP contribution in [0.5, 0.6) is 0 Å². The fourth-order valence-electron chi connectivity index (χ4n) is 2.06. The fraction of sp³-hybridized carbons (Fsp3) is 0.500. The average molecular weight is 215 g/mol. The lowest BCUT2D eigenvalue weighted by atomic mass is 9.86. The third kappa shape index (κ3) is 1.53. The number of oxazole rings is 1. The van der Waals surface area contributed by atoms with Crippen LogP contribution in [0.4, 0.5) is 0 Å². The number of hydrogen-bond acceptors (Lipinski definition) is 2. The largest absolute Gasteiger partial charge is 0.440 e. The van der Waals surface area contributed by atoms with Crippen molar-refractivity contribution in [2.45, 2.75) is 44.9 Å². The van der Waals surface area contributed by atoms with E-state index in [2.05, 4.69) is 37.9 Å². The predicted octanol–water partition coefficient (Wildman–Crippen LogP) is 4.00. The van der Waals surface area contributed by atoms with Gasteiger partial charge in [-0.25, -0.2) is 4.98 Å². The van der Waals surface area contributed by atoms with Gasteiger partial charge in [-0.05, 0) is 24.3 Å². The third-order valence-corrected chi connectivity index (χ3v) is 3.17. The predicted molar refractivity (Wildman–Crippen MR) is 64.7 cm³/mol. The van der Waals surface area contributed by atoms with Gasteiger partial charge in [-0.1, -0.05) is 32.9 Å². The molecule has 1 saturated carbocycles. The van der Waals surface area contributed by atoms with E-state index in [-0.39, 0.29) is 5.41 Å². The van der Waals surface area contributed by atoms with Crippen molar-refractivity contribution < 1.29 is 4.42 Å². The molecule has 0 unspecified atom stereocenters. The van der Waals surface area contributed by atoms with Crippen LogP contribution >= 0.6 is 0 Å². The Morgan fingerprint density at radius 2 is 2.00 bits per heavy atom. The summed E-state index contributed by atoms with van der Waals surface area (Å²) in [6.45, 7) is 6.63. The Kier molecular flexibility index (Phi) is 1.91. The number of nitrogens with zero attached hydrogens (tertiary/aromatic N) is 1. The molecular formula is C14H17NO. The van der Waals surface area contributed by atoms with Crippen LogP contribution in [-0.4, -0.2) is 4.98 Å². The van der Waals surface area contributed by atoms with E-state index in [0.29, 0.717) is 5.92 Å². The van der Waals surface area contributed by atoms with Crippen LogP contribution in [0.1, 0.15) is 51.0 Å². The summed E-state index contributed by atoms with van der Waals surface area (Å²) in [4.78, 5) is 4.58. The Hall–Kier alpha value is -1.31. The number of rotatable bonds is 1. The smallest absolute Gasteiger partial charge is 0.198 e. The van der Waals surface area contributed by atoms with Gasteiger partial charge in [0, 0.05) is 11.5 Å². The van der Waals surface area contributed by atoms with Gasteiger partial charge in [-0.2, -0.15) is 0 Å². The highest BCUT2D eigenvalue weighted by Crippen LogP contribution is 2.41. The molecule has 0 atom stereocenters. The summed E-state index contributed by atoms with van der Waals surface area (Å²) in [5.41, 5.74) is 3.36. The molecule has 0 amide bonds. The molecule has 16 heavy (non-hydrogen) atoms. The molecule has 1 heterocycles. The SMILES string of the molecule is CC(C)(C)c1cccc2nc(C3CC3)oc12. The normalized spacial score (nSPS) is 16.9. The van der Waals surface area contributed by atoms with E-state index >= 15 is 0 Å². The quantitative estimate of drug-likeness (QED) is 0.718. The summed E-state index contributed by atoms with van der Waals surface area (Å²) in [5.74, 6) is 1.52. The van der Waals surface area contributed by atoms with Crippen molar-refractivity contribution in [2.24, 2.45) is 0 Å². The molecule has 0 bridgehead atoms. The number of para-hydroxylation sites is 1. The van der Waals surface area contributed by atoms with Crippen molar-refractivity contribution >= 4 is 11.1 Å². The van der Waals surface area contributed by atoms with Crippen molar-refractivity contribution in [2.75, 3.05) is 0 Å². The molecule has 2 heteroatoms. The van der Waals surface area contributed by atoms with Crippen molar-refractivity contribution in [1.29, 1.82) is 0 Å². The second kappa shape index (κ2) is 3.09. The second-order valence-electron chi connectivity index (χ2n) is 5.73. The molecule has 1 aromatic heterocycles. The molecule has 1 aliphatic carbocycles. The van der Waals surface area contributed by atoms with E-state index in [1.54, 1.807) is 0 Å². The standard InChI is InChI=1S/C14H17NO/c1-14(2,3)10-5-4-6-11-12(10)16-13(15-11)9-7-8-9/h4-6,9H,7-8H2,1-3H3. The maximum atomic E-state index is 5.94. The van der Waals surface area contributed by atoms with E-state index in [4.69, 9.17) is 4.42 Å². The first kappa shape index (κ1) is 9.88. The summed E-state index contributed by atoms with van der Waals surface area (Å²) in [6.07, 6.45) is 2.47. The first-order valence-corrected chi connectivity index (χ1v) is 5.95. The molecule has 2 nitrogen and oxygen atoms in total. The maximum Gasteiger partial charge on any atom is 0.198 e. The summed E-state index contributed by atoms with van der Waals surface area (Å²) in [7, 11) is 0. The van der Waals surface area contributed by atoms with E-state index in [1.165, 1.54) is 18.4 Å². The van der Waals surface area contributed by atoms with E-state index in [0.717, 1.165) is 17.0 Å². The molecular weight excluding hydrogens is 198 g/mol. The van der Waals surface area contributed by atoms with Crippen molar-refractivity contribution in [3.05, 3.63) is 29.7 Å². The Labute approximate surface area is 95.7 Å². The van der Waals surface area contributed by atoms with Gasteiger partial charge >= 0.3 is 0 Å². The van der Waals surface area contributed by atoms with Crippen molar-refractivity contribution in [3.63, 3.8) is 0 Å². The Bertz CT molecular complexity index is 529. The second-order valence-corrected chi connectivity index (χ2v) is 5.73. The zero-order valence-electron chi connectivity index (χ0n) is 10.1. The van der Waals surface area contributed by atoms with Crippen LogP contribution in [0.25, 0.3) is 11.1 Å². The monoisotopic (exact) mass is 215 g/mol. The van der Waals surface area contributed by atoms with Gasteiger partial charge in [-0.15, -0.1) is 0 Å². The first-order valence-electron chi connectivity index (χ1n) is 5.95. The topological polar surface area (TPSA) is 26.0 Å². The molecule has 0 aliphatic heterocycles. The molecule has 1 aromatic carbocycles. The summed E-state index contributed by atoms with van der Waals surface area (Å²) >= 11 is 0. The van der Waals surface area contributed by atoms with Crippen LogP contribution in [0, 0.1) is 0 Å². The van der Waals surface area contributed by atoms with E-state index in [1.807, 2.05) is 6.07 Å². The van der Waals surface area contributed by atoms with Gasteiger partial charge in [0.25, 0.3) is 0 Å². The number of aromatic nitrogens is 1. The van der Waals surface area contributed by atoms with E-state index < -0.39 is 0 Å². The number of benzene rings is 1. The Balaban J connectivity index is 2.21. The molecule has 0 saturated heterocycles. The van der Waals surface area contributed by atoms with Crippen molar-refractivity contribution in [3.8, 4) is 0 Å².